The van der Waals surface area contributed by atoms with Crippen molar-refractivity contribution >= 4 is 29.1 Å². The van der Waals surface area contributed by atoms with Crippen LogP contribution in [0.3, 0.4) is 0 Å². The number of rotatable bonds is 1. The summed E-state index contributed by atoms with van der Waals surface area (Å²) in [6.45, 7) is 3.68. The lowest BCUT2D eigenvalue weighted by molar-refractivity contribution is -0.132. The monoisotopic (exact) mass is 539 g/mol. The molecule has 4 aliphatic rings. The largest absolute Gasteiger partial charge is 0.491 e. The van der Waals surface area contributed by atoms with Gasteiger partial charge in [-0.05, 0) is 31.4 Å². The van der Waals surface area contributed by atoms with Crippen molar-refractivity contribution in [2.75, 3.05) is 56.2 Å². The van der Waals surface area contributed by atoms with Gasteiger partial charge in [0.25, 0.3) is 5.91 Å². The fourth-order valence-corrected chi connectivity index (χ4v) is 5.79. The highest BCUT2D eigenvalue weighted by Crippen LogP contribution is 2.37. The Labute approximate surface area is 225 Å². The molecule has 208 valence electrons. The Morgan fingerprint density at radius 2 is 2.03 bits per heavy atom. The summed E-state index contributed by atoms with van der Waals surface area (Å²) < 4.78 is 22.4. The van der Waals surface area contributed by atoms with Crippen LogP contribution >= 0.6 is 0 Å². The summed E-state index contributed by atoms with van der Waals surface area (Å²) in [5.74, 6) is 0.604. The highest BCUT2D eigenvalue weighted by Gasteiger charge is 2.38. The van der Waals surface area contributed by atoms with Crippen molar-refractivity contribution in [3.63, 3.8) is 0 Å². The van der Waals surface area contributed by atoms with Crippen molar-refractivity contribution in [1.29, 1.82) is 0 Å². The van der Waals surface area contributed by atoms with Gasteiger partial charge in [0.15, 0.2) is 5.65 Å². The van der Waals surface area contributed by atoms with E-state index in [2.05, 4.69) is 5.32 Å². The summed E-state index contributed by atoms with van der Waals surface area (Å²) >= 11 is 0. The van der Waals surface area contributed by atoms with E-state index in [1.165, 1.54) is 12.2 Å². The van der Waals surface area contributed by atoms with Crippen LogP contribution in [0.5, 0.6) is 0 Å². The number of hydrogen-bond acceptors (Lipinski definition) is 8. The average Bonchev–Trinajstić information content (AvgIpc) is 3.34. The first-order valence-electron chi connectivity index (χ1n) is 13.6. The molecule has 2 amide bonds. The SMILES string of the molecule is CC1C2=C(C=CC1F)OCCNC(=O)CN(C)c1cc(N3CC(O)C3)nc3cc(nn13)[C@@H]1CCCCN1C2=O. The molecule has 11 nitrogen and oxygen atoms in total. The molecule has 2 bridgehead atoms. The quantitative estimate of drug-likeness (QED) is 0.558. The van der Waals surface area contributed by atoms with Crippen LogP contribution in [0.2, 0.25) is 0 Å². The van der Waals surface area contributed by atoms with Crippen molar-refractivity contribution in [1.82, 2.24) is 24.8 Å². The number of aliphatic hydroxyl groups is 1. The van der Waals surface area contributed by atoms with Crippen LogP contribution in [-0.2, 0) is 14.3 Å². The molecule has 1 aliphatic carbocycles. The summed E-state index contributed by atoms with van der Waals surface area (Å²) in [4.78, 5) is 37.2. The predicted molar refractivity (Wildman–Crippen MR) is 142 cm³/mol. The molecule has 2 saturated heterocycles. The molecule has 3 atom stereocenters. The fraction of sp³-hybridized carbons (Fsp3) is 0.556. The van der Waals surface area contributed by atoms with Gasteiger partial charge in [-0.3, -0.25) is 9.59 Å². The number of carbonyl (C=O) groups excluding carboxylic acids is 2. The zero-order valence-corrected chi connectivity index (χ0v) is 22.2. The van der Waals surface area contributed by atoms with Gasteiger partial charge >= 0.3 is 0 Å². The van der Waals surface area contributed by atoms with Gasteiger partial charge < -0.3 is 29.9 Å². The van der Waals surface area contributed by atoms with E-state index < -0.39 is 18.2 Å². The Balaban J connectivity index is 1.46. The lowest BCUT2D eigenvalue weighted by atomic mass is 9.88. The average molecular weight is 540 g/mol. The maximum atomic E-state index is 14.8. The van der Waals surface area contributed by atoms with Crippen molar-refractivity contribution in [2.45, 2.75) is 44.5 Å². The van der Waals surface area contributed by atoms with E-state index in [0.29, 0.717) is 53.9 Å². The molecule has 2 aromatic heterocycles. The third-order valence-corrected chi connectivity index (χ3v) is 8.02. The topological polar surface area (TPSA) is 116 Å². The van der Waals surface area contributed by atoms with Gasteiger partial charge in [0.1, 0.15) is 30.2 Å². The number of alkyl halides is 1. The summed E-state index contributed by atoms with van der Waals surface area (Å²) in [6.07, 6.45) is 3.77. The van der Waals surface area contributed by atoms with Crippen molar-refractivity contribution in [3.05, 3.63) is 41.3 Å². The summed E-state index contributed by atoms with van der Waals surface area (Å²) in [5, 5.41) is 17.6. The molecule has 39 heavy (non-hydrogen) atoms. The minimum Gasteiger partial charge on any atom is -0.491 e. The molecule has 2 unspecified atom stereocenters. The molecule has 12 heteroatoms. The number of carbonyl (C=O) groups is 2. The number of allylic oxidation sites excluding steroid dienone is 2. The zero-order valence-electron chi connectivity index (χ0n) is 22.2. The lowest BCUT2D eigenvalue weighted by Gasteiger charge is -2.37. The second-order valence-corrected chi connectivity index (χ2v) is 10.8. The van der Waals surface area contributed by atoms with Gasteiger partial charge in [0.05, 0.1) is 36.5 Å². The number of ether oxygens (including phenoxy) is 1. The highest BCUT2D eigenvalue weighted by atomic mass is 19.1. The molecule has 2 fully saturated rings. The standard InChI is InChI=1S/C27H34FN7O4/c1-16-18(28)6-7-21-26(16)27(38)34-9-4-3-5-20(34)19-11-23-30-22(33-13-17(36)14-33)12-25(35(23)31-19)32(2)15-24(37)29-8-10-39-21/h6-7,11-12,16-18,20,36H,3-5,8-10,13-15H2,1-2H3,(H,29,37)/t16?,18?,20-/m0/s1. The molecular formula is C27H34FN7O4. The molecular weight excluding hydrogens is 505 g/mol. The van der Waals surface area contributed by atoms with Crippen LogP contribution in [0.1, 0.15) is 37.9 Å². The lowest BCUT2D eigenvalue weighted by Crippen LogP contribution is -2.51. The first-order chi connectivity index (χ1) is 18.8. The van der Waals surface area contributed by atoms with E-state index in [1.54, 1.807) is 16.3 Å². The van der Waals surface area contributed by atoms with Crippen LogP contribution in [0.15, 0.2) is 35.6 Å². The van der Waals surface area contributed by atoms with Crippen LogP contribution in [0.25, 0.3) is 5.65 Å². The summed E-state index contributed by atoms with van der Waals surface area (Å²) in [5.41, 5.74) is 1.60. The number of aromatic nitrogens is 3. The Kier molecular flexibility index (Phi) is 6.66. The first-order valence-corrected chi connectivity index (χ1v) is 13.6. The molecule has 0 spiro atoms. The van der Waals surface area contributed by atoms with E-state index in [-0.39, 0.29) is 37.6 Å². The van der Waals surface area contributed by atoms with Crippen LogP contribution in [0.4, 0.5) is 16.0 Å². The molecule has 6 rings (SSSR count). The van der Waals surface area contributed by atoms with Crippen LogP contribution in [-0.4, -0.2) is 95.1 Å². The van der Waals surface area contributed by atoms with E-state index in [1.807, 2.05) is 29.0 Å². The normalized spacial score (nSPS) is 26.9. The highest BCUT2D eigenvalue weighted by molar-refractivity contribution is 5.95. The van der Waals surface area contributed by atoms with Gasteiger partial charge in [-0.2, -0.15) is 9.61 Å². The van der Waals surface area contributed by atoms with Crippen molar-refractivity contribution in [3.8, 4) is 0 Å². The number of nitrogens with zero attached hydrogens (tertiary/aromatic N) is 6. The molecule has 2 aromatic rings. The zero-order chi connectivity index (χ0) is 27.3. The Morgan fingerprint density at radius 3 is 2.82 bits per heavy atom. The second kappa shape index (κ2) is 10.1. The van der Waals surface area contributed by atoms with E-state index in [4.69, 9.17) is 14.8 Å². The summed E-state index contributed by atoms with van der Waals surface area (Å²) in [6, 6.07) is 3.45. The Morgan fingerprint density at radius 1 is 1.21 bits per heavy atom. The van der Waals surface area contributed by atoms with Crippen molar-refractivity contribution in [2.24, 2.45) is 5.92 Å². The number of hydrogen-bond donors (Lipinski definition) is 2. The van der Waals surface area contributed by atoms with Crippen LogP contribution in [0, 0.1) is 5.92 Å². The molecule has 5 heterocycles. The molecule has 0 aromatic carbocycles. The maximum absolute atomic E-state index is 14.8. The smallest absolute Gasteiger partial charge is 0.254 e. The van der Waals surface area contributed by atoms with Gasteiger partial charge in [-0.1, -0.05) is 6.92 Å². The van der Waals surface area contributed by atoms with Crippen molar-refractivity contribution < 1.29 is 23.8 Å². The number of likely N-dealkylation sites (N-methyl/N-ethyl adjacent to an activating group) is 1. The second-order valence-electron chi connectivity index (χ2n) is 10.8. The first kappa shape index (κ1) is 25.6. The number of β-amino-alcohol motifs (C(OH)–C–C–N with tert-alkyl or cyclic N) is 1. The third kappa shape index (κ3) is 4.70. The molecule has 0 saturated carbocycles. The third-order valence-electron chi connectivity index (χ3n) is 8.02. The number of amides is 2. The minimum absolute atomic E-state index is 0.0822. The number of nitrogens with one attached hydrogen (secondary N) is 1. The number of aliphatic hydroxyl groups excluding tert-OH is 1. The number of piperidine rings is 1. The molecule has 3 aliphatic heterocycles. The van der Waals surface area contributed by atoms with Gasteiger partial charge in [0, 0.05) is 44.7 Å². The van der Waals surface area contributed by atoms with E-state index in [9.17, 15) is 19.1 Å². The Bertz CT molecular complexity index is 1350. The predicted octanol–water partition coefficient (Wildman–Crippen LogP) is 1.34. The van der Waals surface area contributed by atoms with Gasteiger partial charge in [-0.15, -0.1) is 0 Å². The van der Waals surface area contributed by atoms with E-state index in [0.717, 1.165) is 19.3 Å². The molecule has 2 N–H and O–H groups in total. The molecule has 0 radical (unpaired) electrons. The van der Waals surface area contributed by atoms with Gasteiger partial charge in [0.2, 0.25) is 5.91 Å². The number of fused-ring (bicyclic) bond motifs is 3. The Hall–Kier alpha value is -3.67. The maximum Gasteiger partial charge on any atom is 0.254 e. The number of halogens is 1. The summed E-state index contributed by atoms with van der Waals surface area (Å²) in [7, 11) is 1.82. The minimum atomic E-state index is -1.29. The van der Waals surface area contributed by atoms with E-state index >= 15 is 0 Å². The number of anilines is 2. The van der Waals surface area contributed by atoms with Gasteiger partial charge in [-0.25, -0.2) is 9.37 Å². The van der Waals surface area contributed by atoms with Crippen LogP contribution < -0.4 is 15.1 Å². The fourth-order valence-electron chi connectivity index (χ4n) is 5.79.